The number of rotatable bonds is 4. The third kappa shape index (κ3) is 3.95. The molecule has 0 aliphatic rings. The maximum Gasteiger partial charge on any atom is 0.315 e. The van der Waals surface area contributed by atoms with Crippen LogP contribution in [0, 0.1) is 0 Å². The molecule has 0 radical (unpaired) electrons. The molecule has 88 valence electrons. The van der Waals surface area contributed by atoms with E-state index < -0.39 is 11.8 Å². The highest BCUT2D eigenvalue weighted by molar-refractivity contribution is 7.13. The molecule has 6 nitrogen and oxygen atoms in total. The highest BCUT2D eigenvalue weighted by Crippen LogP contribution is 2.09. The van der Waals surface area contributed by atoms with Gasteiger partial charge in [-0.3, -0.25) is 14.9 Å². The number of anilines is 1. The van der Waals surface area contributed by atoms with E-state index in [0.29, 0.717) is 11.7 Å². The zero-order valence-corrected chi connectivity index (χ0v) is 9.84. The second-order valence-corrected chi connectivity index (χ2v) is 4.02. The van der Waals surface area contributed by atoms with Crippen LogP contribution in [0.3, 0.4) is 0 Å². The first-order valence-electron chi connectivity index (χ1n) is 4.63. The summed E-state index contributed by atoms with van der Waals surface area (Å²) in [5.74, 6) is -1.42. The molecular formula is C9H13N3O3S. The van der Waals surface area contributed by atoms with E-state index >= 15 is 0 Å². The molecule has 1 atom stereocenters. The van der Waals surface area contributed by atoms with E-state index in [1.165, 1.54) is 18.4 Å². The van der Waals surface area contributed by atoms with Crippen molar-refractivity contribution >= 4 is 28.3 Å². The summed E-state index contributed by atoms with van der Waals surface area (Å²) in [6.45, 7) is 2.11. The Balaban J connectivity index is 2.39. The fourth-order valence-corrected chi connectivity index (χ4v) is 1.54. The minimum absolute atomic E-state index is 0.209. The summed E-state index contributed by atoms with van der Waals surface area (Å²) < 4.78 is 4.83. The fourth-order valence-electron chi connectivity index (χ4n) is 1.02. The zero-order chi connectivity index (χ0) is 12.0. The van der Waals surface area contributed by atoms with Crippen molar-refractivity contribution in [1.29, 1.82) is 0 Å². The molecule has 2 amide bonds. The first-order valence-corrected chi connectivity index (χ1v) is 5.51. The molecular weight excluding hydrogens is 230 g/mol. The van der Waals surface area contributed by atoms with Gasteiger partial charge in [0.25, 0.3) is 0 Å². The lowest BCUT2D eigenvalue weighted by Gasteiger charge is -2.11. The van der Waals surface area contributed by atoms with Gasteiger partial charge in [-0.25, -0.2) is 4.98 Å². The van der Waals surface area contributed by atoms with Gasteiger partial charge < -0.3 is 10.1 Å². The Morgan fingerprint density at radius 2 is 2.31 bits per heavy atom. The summed E-state index contributed by atoms with van der Waals surface area (Å²) in [5, 5.41) is 6.99. The number of carbonyl (C=O) groups excluding carboxylic acids is 2. The van der Waals surface area contributed by atoms with Crippen LogP contribution in [0.5, 0.6) is 0 Å². The molecule has 2 N–H and O–H groups in total. The molecule has 0 fully saturated rings. The maximum atomic E-state index is 11.4. The van der Waals surface area contributed by atoms with Crippen LogP contribution in [0.25, 0.3) is 0 Å². The number of hydrogen-bond acceptors (Lipinski definition) is 5. The molecule has 16 heavy (non-hydrogen) atoms. The van der Waals surface area contributed by atoms with Crippen LogP contribution < -0.4 is 10.6 Å². The number of methoxy groups -OCH3 is 1. The predicted molar refractivity (Wildman–Crippen MR) is 60.2 cm³/mol. The van der Waals surface area contributed by atoms with E-state index in [1.807, 2.05) is 0 Å². The Morgan fingerprint density at radius 1 is 1.56 bits per heavy atom. The average Bonchev–Trinajstić information content (AvgIpc) is 2.70. The van der Waals surface area contributed by atoms with E-state index in [4.69, 9.17) is 4.74 Å². The summed E-state index contributed by atoms with van der Waals surface area (Å²) in [7, 11) is 1.53. The smallest absolute Gasteiger partial charge is 0.315 e. The number of carbonyl (C=O) groups is 2. The highest BCUT2D eigenvalue weighted by Gasteiger charge is 2.16. The van der Waals surface area contributed by atoms with Gasteiger partial charge in [0.2, 0.25) is 0 Å². The largest absolute Gasteiger partial charge is 0.383 e. The summed E-state index contributed by atoms with van der Waals surface area (Å²) in [5.41, 5.74) is 0. The molecule has 0 aliphatic carbocycles. The first kappa shape index (κ1) is 12.6. The topological polar surface area (TPSA) is 80.3 Å². The van der Waals surface area contributed by atoms with Crippen LogP contribution in [0.2, 0.25) is 0 Å². The van der Waals surface area contributed by atoms with E-state index in [0.717, 1.165) is 0 Å². The minimum Gasteiger partial charge on any atom is -0.383 e. The van der Waals surface area contributed by atoms with Gasteiger partial charge in [-0.1, -0.05) is 0 Å². The second-order valence-electron chi connectivity index (χ2n) is 3.12. The van der Waals surface area contributed by atoms with Crippen molar-refractivity contribution in [1.82, 2.24) is 10.3 Å². The minimum atomic E-state index is -0.724. The quantitative estimate of drug-likeness (QED) is 0.742. The van der Waals surface area contributed by atoms with Crippen molar-refractivity contribution in [3.05, 3.63) is 11.6 Å². The number of amides is 2. The highest BCUT2D eigenvalue weighted by atomic mass is 32.1. The summed E-state index contributed by atoms with van der Waals surface area (Å²) >= 11 is 1.25. The van der Waals surface area contributed by atoms with Gasteiger partial charge in [0.05, 0.1) is 6.61 Å². The molecule has 7 heteroatoms. The van der Waals surface area contributed by atoms with Crippen molar-refractivity contribution in [2.45, 2.75) is 13.0 Å². The normalized spacial score (nSPS) is 11.9. The van der Waals surface area contributed by atoms with Crippen LogP contribution >= 0.6 is 11.3 Å². The molecule has 1 unspecified atom stereocenters. The Kier molecular flexibility index (Phi) is 4.87. The summed E-state index contributed by atoms with van der Waals surface area (Å²) in [4.78, 5) is 26.5. The number of nitrogens with zero attached hydrogens (tertiary/aromatic N) is 1. The van der Waals surface area contributed by atoms with Gasteiger partial charge in [-0.2, -0.15) is 0 Å². The van der Waals surface area contributed by atoms with Crippen LogP contribution in [0.4, 0.5) is 5.13 Å². The standard InChI is InChI=1S/C9H13N3O3S/c1-6(5-15-2)11-7(13)8(14)12-9-10-3-4-16-9/h3-4,6H,5H2,1-2H3,(H,11,13)(H,10,12,14). The molecule has 0 saturated carbocycles. The molecule has 1 aromatic heterocycles. The number of nitrogens with one attached hydrogen (secondary N) is 2. The predicted octanol–water partition coefficient (Wildman–Crippen LogP) is 0.233. The zero-order valence-electron chi connectivity index (χ0n) is 9.02. The van der Waals surface area contributed by atoms with Gasteiger partial charge in [-0.15, -0.1) is 11.3 Å². The molecule has 0 aliphatic heterocycles. The molecule has 0 bridgehead atoms. The van der Waals surface area contributed by atoms with E-state index in [-0.39, 0.29) is 6.04 Å². The Labute approximate surface area is 97.0 Å². The van der Waals surface area contributed by atoms with Gasteiger partial charge >= 0.3 is 11.8 Å². The van der Waals surface area contributed by atoms with Crippen molar-refractivity contribution in [2.75, 3.05) is 19.0 Å². The molecule has 1 aromatic rings. The van der Waals surface area contributed by atoms with Crippen molar-refractivity contribution in [3.63, 3.8) is 0 Å². The number of hydrogen-bond donors (Lipinski definition) is 2. The maximum absolute atomic E-state index is 11.4. The second kappa shape index (κ2) is 6.19. The molecule has 1 heterocycles. The van der Waals surface area contributed by atoms with Crippen LogP contribution in [-0.4, -0.2) is 36.6 Å². The van der Waals surface area contributed by atoms with Crippen molar-refractivity contribution in [2.24, 2.45) is 0 Å². The van der Waals surface area contributed by atoms with Crippen LogP contribution in [0.1, 0.15) is 6.92 Å². The first-order chi connectivity index (χ1) is 7.63. The fraction of sp³-hybridized carbons (Fsp3) is 0.444. The number of thiazole rings is 1. The lowest BCUT2D eigenvalue weighted by Crippen LogP contribution is -2.42. The molecule has 0 saturated heterocycles. The number of aromatic nitrogens is 1. The van der Waals surface area contributed by atoms with Crippen molar-refractivity contribution < 1.29 is 14.3 Å². The van der Waals surface area contributed by atoms with Crippen LogP contribution in [0.15, 0.2) is 11.6 Å². The average molecular weight is 243 g/mol. The van der Waals surface area contributed by atoms with Crippen LogP contribution in [-0.2, 0) is 14.3 Å². The molecule has 1 rings (SSSR count). The lowest BCUT2D eigenvalue weighted by atomic mass is 10.3. The van der Waals surface area contributed by atoms with Gasteiger partial charge in [0, 0.05) is 24.7 Å². The monoisotopic (exact) mass is 243 g/mol. The Bertz CT molecular complexity index is 353. The Morgan fingerprint density at radius 3 is 2.88 bits per heavy atom. The molecule has 0 aromatic carbocycles. The van der Waals surface area contributed by atoms with Gasteiger partial charge in [0.15, 0.2) is 5.13 Å². The number of ether oxygens (including phenoxy) is 1. The lowest BCUT2D eigenvalue weighted by molar-refractivity contribution is -0.136. The third-order valence-corrected chi connectivity index (χ3v) is 2.34. The summed E-state index contributed by atoms with van der Waals surface area (Å²) in [6.07, 6.45) is 1.55. The van der Waals surface area contributed by atoms with Crippen molar-refractivity contribution in [3.8, 4) is 0 Å². The van der Waals surface area contributed by atoms with Gasteiger partial charge in [0.1, 0.15) is 0 Å². The third-order valence-electron chi connectivity index (χ3n) is 1.65. The summed E-state index contributed by atoms with van der Waals surface area (Å²) in [6, 6.07) is -0.209. The van der Waals surface area contributed by atoms with E-state index in [9.17, 15) is 9.59 Å². The Hall–Kier alpha value is -1.47. The molecule has 0 spiro atoms. The van der Waals surface area contributed by atoms with E-state index in [1.54, 1.807) is 18.5 Å². The SMILES string of the molecule is COCC(C)NC(=O)C(=O)Nc1nccs1. The van der Waals surface area contributed by atoms with E-state index in [2.05, 4.69) is 15.6 Å². The van der Waals surface area contributed by atoms with Gasteiger partial charge in [-0.05, 0) is 6.92 Å².